The van der Waals surface area contributed by atoms with Crippen molar-refractivity contribution in [2.75, 3.05) is 6.61 Å². The number of sulfonamides is 1. The zero-order chi connectivity index (χ0) is 15.3. The molecule has 4 unspecified atom stereocenters. The van der Waals surface area contributed by atoms with Crippen LogP contribution in [-0.2, 0) is 10.0 Å². The van der Waals surface area contributed by atoms with Gasteiger partial charge in [0.2, 0.25) is 10.0 Å². The number of nitrogens with one attached hydrogen (secondary N) is 1. The van der Waals surface area contributed by atoms with Crippen molar-refractivity contribution in [2.45, 2.75) is 30.2 Å². The molecule has 6 nitrogen and oxygen atoms in total. The Morgan fingerprint density at radius 1 is 1.27 bits per heavy atom. The van der Waals surface area contributed by atoms with Gasteiger partial charge in [0.1, 0.15) is 15.9 Å². The monoisotopic (exact) mass is 339 g/mol. The van der Waals surface area contributed by atoms with Crippen molar-refractivity contribution >= 4 is 32.8 Å². The fourth-order valence-electron chi connectivity index (χ4n) is 4.10. The molecule has 0 saturated heterocycles. The molecule has 2 aliphatic carbocycles. The van der Waals surface area contributed by atoms with Crippen molar-refractivity contribution in [2.24, 2.45) is 17.8 Å². The molecule has 0 spiro atoms. The van der Waals surface area contributed by atoms with Crippen LogP contribution in [0.15, 0.2) is 23.1 Å². The Balaban J connectivity index is 1.68. The van der Waals surface area contributed by atoms with Gasteiger partial charge in [-0.15, -0.1) is 0 Å². The largest absolute Gasteiger partial charge is 0.396 e. The first kappa shape index (κ1) is 14.5. The summed E-state index contributed by atoms with van der Waals surface area (Å²) in [5.74, 6) is 0.811. The summed E-state index contributed by atoms with van der Waals surface area (Å²) < 4.78 is 36.6. The standard InChI is InChI=1S/C14H17N3O3S2/c18-7-10-8-4-5-9(6-8)13(10)17-22(19,20)12-3-1-2-11-14(12)16-21-15-11/h1-3,8-10,13,17-18H,4-7H2. The topological polar surface area (TPSA) is 92.2 Å². The van der Waals surface area contributed by atoms with E-state index in [1.54, 1.807) is 18.2 Å². The van der Waals surface area contributed by atoms with Crippen LogP contribution in [-0.4, -0.2) is 34.9 Å². The average Bonchev–Trinajstić information content (AvgIpc) is 3.21. The molecule has 0 amide bonds. The molecule has 2 aliphatic rings. The molecule has 2 fully saturated rings. The number of benzene rings is 1. The molecule has 8 heteroatoms. The second-order valence-electron chi connectivity index (χ2n) is 6.21. The van der Waals surface area contributed by atoms with Crippen LogP contribution < -0.4 is 4.72 Å². The summed E-state index contributed by atoms with van der Waals surface area (Å²) in [7, 11) is -3.66. The summed E-state index contributed by atoms with van der Waals surface area (Å²) in [6, 6.07) is 4.83. The van der Waals surface area contributed by atoms with Gasteiger partial charge in [0.25, 0.3) is 0 Å². The molecule has 2 N–H and O–H groups in total. The molecule has 4 rings (SSSR count). The normalized spacial score (nSPS) is 31.1. The number of aliphatic hydroxyl groups is 1. The Hall–Kier alpha value is -1.09. The zero-order valence-corrected chi connectivity index (χ0v) is 13.5. The SMILES string of the molecule is O=S(=O)(NC1C2CCC(C2)C1CO)c1cccc2nsnc12. The quantitative estimate of drug-likeness (QED) is 0.878. The number of rotatable bonds is 4. The van der Waals surface area contributed by atoms with Crippen LogP contribution in [0.2, 0.25) is 0 Å². The van der Waals surface area contributed by atoms with Crippen LogP contribution in [0.5, 0.6) is 0 Å². The van der Waals surface area contributed by atoms with Gasteiger partial charge in [0, 0.05) is 18.6 Å². The van der Waals surface area contributed by atoms with Crippen molar-refractivity contribution in [1.82, 2.24) is 13.5 Å². The van der Waals surface area contributed by atoms with E-state index < -0.39 is 10.0 Å². The molecular weight excluding hydrogens is 322 g/mol. The van der Waals surface area contributed by atoms with Crippen LogP contribution in [0.4, 0.5) is 0 Å². The maximum absolute atomic E-state index is 12.8. The third kappa shape index (κ3) is 2.17. The zero-order valence-electron chi connectivity index (χ0n) is 11.8. The first-order valence-corrected chi connectivity index (χ1v) is 9.66. The third-order valence-electron chi connectivity index (χ3n) is 5.13. The minimum atomic E-state index is -3.66. The van der Waals surface area contributed by atoms with Gasteiger partial charge in [0.05, 0.1) is 11.7 Å². The number of hydrogen-bond donors (Lipinski definition) is 2. The van der Waals surface area contributed by atoms with Gasteiger partial charge >= 0.3 is 0 Å². The minimum absolute atomic E-state index is 0.0290. The Kier molecular flexibility index (Phi) is 3.44. The first-order chi connectivity index (χ1) is 10.6. The Bertz CT molecular complexity index is 805. The molecule has 0 aliphatic heterocycles. The van der Waals surface area contributed by atoms with E-state index in [4.69, 9.17) is 0 Å². The second-order valence-corrected chi connectivity index (χ2v) is 8.43. The van der Waals surface area contributed by atoms with E-state index in [-0.39, 0.29) is 23.5 Å². The molecule has 1 aromatic carbocycles. The van der Waals surface area contributed by atoms with Crippen molar-refractivity contribution in [3.63, 3.8) is 0 Å². The van der Waals surface area contributed by atoms with E-state index in [9.17, 15) is 13.5 Å². The van der Waals surface area contributed by atoms with E-state index in [1.807, 2.05) is 0 Å². The number of aromatic nitrogens is 2. The molecule has 118 valence electrons. The summed E-state index contributed by atoms with van der Waals surface area (Å²) in [5.41, 5.74) is 1.02. The van der Waals surface area contributed by atoms with E-state index in [1.165, 1.54) is 0 Å². The third-order valence-corrected chi connectivity index (χ3v) is 7.16. The highest BCUT2D eigenvalue weighted by Gasteiger charge is 2.48. The highest BCUT2D eigenvalue weighted by molar-refractivity contribution is 7.89. The lowest BCUT2D eigenvalue weighted by molar-refractivity contribution is 0.153. The summed E-state index contributed by atoms with van der Waals surface area (Å²) in [6.45, 7) is 0.0385. The van der Waals surface area contributed by atoms with Crippen molar-refractivity contribution in [1.29, 1.82) is 0 Å². The molecule has 22 heavy (non-hydrogen) atoms. The number of aliphatic hydroxyl groups excluding tert-OH is 1. The predicted molar refractivity (Wildman–Crippen MR) is 82.9 cm³/mol. The van der Waals surface area contributed by atoms with Crippen LogP contribution >= 0.6 is 11.7 Å². The molecule has 2 aromatic rings. The summed E-state index contributed by atoms with van der Waals surface area (Å²) in [5, 5.41) is 9.61. The molecule has 4 atom stereocenters. The fraction of sp³-hybridized carbons (Fsp3) is 0.571. The van der Waals surface area contributed by atoms with Gasteiger partial charge in [-0.3, -0.25) is 0 Å². The summed E-state index contributed by atoms with van der Waals surface area (Å²) >= 11 is 1.01. The molecule has 0 radical (unpaired) electrons. The predicted octanol–water partition coefficient (Wildman–Crippen LogP) is 1.38. The lowest BCUT2D eigenvalue weighted by Crippen LogP contribution is -2.45. The van der Waals surface area contributed by atoms with Crippen molar-refractivity contribution in [3.05, 3.63) is 18.2 Å². The summed E-state index contributed by atoms with van der Waals surface area (Å²) in [4.78, 5) is 0.179. The minimum Gasteiger partial charge on any atom is -0.396 e. The fourth-order valence-corrected chi connectivity index (χ4v) is 6.22. The number of nitrogens with zero attached hydrogens (tertiary/aromatic N) is 2. The molecule has 1 heterocycles. The van der Waals surface area contributed by atoms with Gasteiger partial charge in [0.15, 0.2) is 0 Å². The van der Waals surface area contributed by atoms with Crippen LogP contribution in [0.25, 0.3) is 11.0 Å². The van der Waals surface area contributed by atoms with Crippen LogP contribution in [0.1, 0.15) is 19.3 Å². The molecule has 2 bridgehead atoms. The molecule has 1 aromatic heterocycles. The maximum atomic E-state index is 12.8. The lowest BCUT2D eigenvalue weighted by Gasteiger charge is -2.30. The highest BCUT2D eigenvalue weighted by atomic mass is 32.2. The van der Waals surface area contributed by atoms with Crippen molar-refractivity contribution < 1.29 is 13.5 Å². The maximum Gasteiger partial charge on any atom is 0.243 e. The Morgan fingerprint density at radius 3 is 2.91 bits per heavy atom. The van der Waals surface area contributed by atoms with Gasteiger partial charge in [-0.25, -0.2) is 13.1 Å². The number of fused-ring (bicyclic) bond motifs is 3. The van der Waals surface area contributed by atoms with E-state index >= 15 is 0 Å². The smallest absolute Gasteiger partial charge is 0.243 e. The van der Waals surface area contributed by atoms with Gasteiger partial charge in [-0.2, -0.15) is 8.75 Å². The Labute approximate surface area is 132 Å². The average molecular weight is 339 g/mol. The Morgan fingerprint density at radius 2 is 2.09 bits per heavy atom. The number of hydrogen-bond acceptors (Lipinski definition) is 6. The van der Waals surface area contributed by atoms with Crippen LogP contribution in [0, 0.1) is 17.8 Å². The van der Waals surface area contributed by atoms with Crippen LogP contribution in [0.3, 0.4) is 0 Å². The van der Waals surface area contributed by atoms with Crippen molar-refractivity contribution in [3.8, 4) is 0 Å². The second kappa shape index (κ2) is 5.23. The summed E-state index contributed by atoms with van der Waals surface area (Å²) in [6.07, 6.45) is 3.15. The van der Waals surface area contributed by atoms with E-state index in [0.29, 0.717) is 22.9 Å². The lowest BCUT2D eigenvalue weighted by atomic mass is 9.86. The van der Waals surface area contributed by atoms with Gasteiger partial charge < -0.3 is 5.11 Å². The molecular formula is C14H17N3O3S2. The first-order valence-electron chi connectivity index (χ1n) is 7.44. The van der Waals surface area contributed by atoms with E-state index in [2.05, 4.69) is 13.5 Å². The molecule has 2 saturated carbocycles. The van der Waals surface area contributed by atoms with E-state index in [0.717, 1.165) is 31.0 Å². The van der Waals surface area contributed by atoms with Gasteiger partial charge in [-0.1, -0.05) is 6.07 Å². The van der Waals surface area contributed by atoms with Gasteiger partial charge in [-0.05, 0) is 43.2 Å². The highest BCUT2D eigenvalue weighted by Crippen LogP contribution is 2.48.